The van der Waals surface area contributed by atoms with E-state index in [1.807, 2.05) is 31.2 Å². The first-order valence-electron chi connectivity index (χ1n) is 9.98. The molecule has 29 heavy (non-hydrogen) atoms. The Labute approximate surface area is 174 Å². The number of amides is 2. The van der Waals surface area contributed by atoms with Crippen LogP contribution in [0.5, 0.6) is 0 Å². The van der Waals surface area contributed by atoms with E-state index in [4.69, 9.17) is 4.74 Å². The lowest BCUT2D eigenvalue weighted by Crippen LogP contribution is -2.34. The van der Waals surface area contributed by atoms with E-state index in [-0.39, 0.29) is 24.5 Å². The Morgan fingerprint density at radius 1 is 1.31 bits per heavy atom. The third-order valence-electron chi connectivity index (χ3n) is 5.17. The normalized spacial score (nSPS) is 17.9. The number of benzene rings is 1. The zero-order valence-corrected chi connectivity index (χ0v) is 17.4. The summed E-state index contributed by atoms with van der Waals surface area (Å²) < 4.78 is 7.18. The summed E-state index contributed by atoms with van der Waals surface area (Å²) in [5.74, 6) is 2.03. The van der Waals surface area contributed by atoms with E-state index in [1.165, 1.54) is 0 Å². The second kappa shape index (κ2) is 9.00. The summed E-state index contributed by atoms with van der Waals surface area (Å²) >= 11 is 1.77. The van der Waals surface area contributed by atoms with Gasteiger partial charge in [0.1, 0.15) is 12.4 Å². The topological polar surface area (TPSA) is 85.2 Å². The number of hydrogen-bond donors (Lipinski definition) is 2. The molecule has 0 saturated carbocycles. The van der Waals surface area contributed by atoms with E-state index in [1.54, 1.807) is 16.4 Å². The fourth-order valence-electron chi connectivity index (χ4n) is 3.73. The van der Waals surface area contributed by atoms with E-state index in [0.29, 0.717) is 18.8 Å². The standard InChI is InChI=1S/C21H26N4O3S/c1-14-4-2-5-15(8-14)9-19(26)23-21-17-12-29-13-18(17)24-25(21)11-20(27)22-10-16-6-3-7-28-16/h2,4-5,8,16H,3,6-7,9-13H2,1H3,(H,22,27)(H,23,26)/t16-/m0/s1. The molecule has 0 unspecified atom stereocenters. The molecule has 4 rings (SSSR count). The Hall–Kier alpha value is -2.32. The number of aromatic nitrogens is 2. The number of nitrogens with one attached hydrogen (secondary N) is 2. The van der Waals surface area contributed by atoms with E-state index in [2.05, 4.69) is 15.7 Å². The Kier molecular flexibility index (Phi) is 6.20. The van der Waals surface area contributed by atoms with Crippen molar-refractivity contribution in [2.24, 2.45) is 0 Å². The Morgan fingerprint density at radius 2 is 2.21 bits per heavy atom. The molecule has 3 heterocycles. The molecule has 2 aliphatic heterocycles. The van der Waals surface area contributed by atoms with Crippen molar-refractivity contribution < 1.29 is 14.3 Å². The SMILES string of the molecule is Cc1cccc(CC(=O)Nc2c3c(nn2CC(=O)NC[C@@H]2CCCO2)CSC3)c1. The molecule has 0 aliphatic carbocycles. The van der Waals surface area contributed by atoms with Crippen molar-refractivity contribution >= 4 is 29.4 Å². The van der Waals surface area contributed by atoms with Crippen LogP contribution in [0.25, 0.3) is 0 Å². The average molecular weight is 415 g/mol. The number of rotatable bonds is 7. The molecule has 2 N–H and O–H groups in total. The average Bonchev–Trinajstić information content (AvgIpc) is 3.40. The van der Waals surface area contributed by atoms with E-state index < -0.39 is 0 Å². The Morgan fingerprint density at radius 3 is 3.00 bits per heavy atom. The van der Waals surface area contributed by atoms with Gasteiger partial charge < -0.3 is 15.4 Å². The number of carbonyl (C=O) groups excluding carboxylic acids is 2. The van der Waals surface area contributed by atoms with Crippen LogP contribution in [0.3, 0.4) is 0 Å². The number of hydrogen-bond acceptors (Lipinski definition) is 5. The molecular formula is C21H26N4O3S. The predicted octanol–water partition coefficient (Wildman–Crippen LogP) is 2.41. The number of nitrogens with zero attached hydrogens (tertiary/aromatic N) is 2. The highest BCUT2D eigenvalue weighted by atomic mass is 32.2. The molecule has 154 valence electrons. The number of aryl methyl sites for hydroxylation is 1. The fourth-order valence-corrected chi connectivity index (χ4v) is 4.76. The van der Waals surface area contributed by atoms with Gasteiger partial charge >= 0.3 is 0 Å². The minimum absolute atomic E-state index is 0.0877. The van der Waals surface area contributed by atoms with Crippen molar-refractivity contribution in [3.05, 3.63) is 46.6 Å². The molecule has 1 fully saturated rings. The van der Waals surface area contributed by atoms with Gasteiger partial charge in [0.15, 0.2) is 0 Å². The minimum Gasteiger partial charge on any atom is -0.376 e. The van der Waals surface area contributed by atoms with Gasteiger partial charge in [0.2, 0.25) is 11.8 Å². The molecule has 0 radical (unpaired) electrons. The van der Waals surface area contributed by atoms with Crippen LogP contribution in [0.1, 0.15) is 35.2 Å². The number of thioether (sulfide) groups is 1. The number of carbonyl (C=O) groups is 2. The van der Waals surface area contributed by atoms with Crippen LogP contribution >= 0.6 is 11.8 Å². The molecule has 2 amide bonds. The fraction of sp³-hybridized carbons (Fsp3) is 0.476. The Bertz CT molecular complexity index is 905. The maximum Gasteiger partial charge on any atom is 0.241 e. The second-order valence-electron chi connectivity index (χ2n) is 7.58. The smallest absolute Gasteiger partial charge is 0.241 e. The van der Waals surface area contributed by atoms with Crippen molar-refractivity contribution in [1.29, 1.82) is 0 Å². The van der Waals surface area contributed by atoms with Crippen LogP contribution in [0.2, 0.25) is 0 Å². The van der Waals surface area contributed by atoms with Gasteiger partial charge in [-0.1, -0.05) is 29.8 Å². The van der Waals surface area contributed by atoms with Gasteiger partial charge in [0.05, 0.1) is 18.2 Å². The van der Waals surface area contributed by atoms with Gasteiger partial charge in [0.25, 0.3) is 0 Å². The second-order valence-corrected chi connectivity index (χ2v) is 8.56. The van der Waals surface area contributed by atoms with E-state index in [0.717, 1.165) is 53.3 Å². The molecular weight excluding hydrogens is 388 g/mol. The molecule has 1 atom stereocenters. The minimum atomic E-state index is -0.122. The van der Waals surface area contributed by atoms with Crippen LogP contribution in [-0.4, -0.2) is 40.9 Å². The number of ether oxygens (including phenoxy) is 1. The lowest BCUT2D eigenvalue weighted by atomic mass is 10.1. The lowest BCUT2D eigenvalue weighted by molar-refractivity contribution is -0.122. The summed E-state index contributed by atoms with van der Waals surface area (Å²) in [5, 5.41) is 10.5. The maximum atomic E-state index is 12.7. The first-order chi connectivity index (χ1) is 14.1. The van der Waals surface area contributed by atoms with Crippen LogP contribution in [0.15, 0.2) is 24.3 Å². The maximum absolute atomic E-state index is 12.7. The summed E-state index contributed by atoms with van der Waals surface area (Å²) in [6.45, 7) is 3.38. The van der Waals surface area contributed by atoms with Crippen molar-refractivity contribution in [2.45, 2.75) is 50.3 Å². The molecule has 1 aromatic carbocycles. The molecule has 2 aromatic rings. The largest absolute Gasteiger partial charge is 0.376 e. The summed E-state index contributed by atoms with van der Waals surface area (Å²) in [6, 6.07) is 7.92. The zero-order valence-electron chi connectivity index (χ0n) is 16.6. The van der Waals surface area contributed by atoms with Crippen molar-refractivity contribution in [3.8, 4) is 0 Å². The molecule has 1 saturated heterocycles. The number of anilines is 1. The van der Waals surface area contributed by atoms with Crippen LogP contribution in [0, 0.1) is 6.92 Å². The quantitative estimate of drug-likeness (QED) is 0.727. The molecule has 0 bridgehead atoms. The summed E-state index contributed by atoms with van der Waals surface area (Å²) in [7, 11) is 0. The molecule has 2 aliphatic rings. The van der Waals surface area contributed by atoms with E-state index >= 15 is 0 Å². The Balaban J connectivity index is 1.41. The van der Waals surface area contributed by atoms with Crippen molar-refractivity contribution in [2.75, 3.05) is 18.5 Å². The molecule has 7 nitrogen and oxygen atoms in total. The van der Waals surface area contributed by atoms with E-state index in [9.17, 15) is 9.59 Å². The summed E-state index contributed by atoms with van der Waals surface area (Å²) in [5.41, 5.74) is 4.07. The highest BCUT2D eigenvalue weighted by molar-refractivity contribution is 7.98. The molecule has 1 aromatic heterocycles. The van der Waals surface area contributed by atoms with Crippen LogP contribution in [-0.2, 0) is 38.8 Å². The molecule has 8 heteroatoms. The van der Waals surface area contributed by atoms with Gasteiger partial charge in [0, 0.05) is 30.2 Å². The predicted molar refractivity (Wildman–Crippen MR) is 113 cm³/mol. The third-order valence-corrected chi connectivity index (χ3v) is 6.14. The summed E-state index contributed by atoms with van der Waals surface area (Å²) in [6.07, 6.45) is 2.42. The lowest BCUT2D eigenvalue weighted by Gasteiger charge is -2.13. The van der Waals surface area contributed by atoms with Gasteiger partial charge in [-0.05, 0) is 25.3 Å². The van der Waals surface area contributed by atoms with Crippen molar-refractivity contribution in [3.63, 3.8) is 0 Å². The zero-order chi connectivity index (χ0) is 20.2. The first-order valence-corrected chi connectivity index (χ1v) is 11.1. The molecule has 0 spiro atoms. The highest BCUT2D eigenvalue weighted by Gasteiger charge is 2.25. The summed E-state index contributed by atoms with van der Waals surface area (Å²) in [4.78, 5) is 25.1. The first kappa shape index (κ1) is 20.0. The monoisotopic (exact) mass is 414 g/mol. The van der Waals surface area contributed by atoms with Gasteiger partial charge in [-0.2, -0.15) is 16.9 Å². The van der Waals surface area contributed by atoms with Gasteiger partial charge in [-0.15, -0.1) is 0 Å². The van der Waals surface area contributed by atoms with Gasteiger partial charge in [-0.3, -0.25) is 9.59 Å². The van der Waals surface area contributed by atoms with Crippen molar-refractivity contribution in [1.82, 2.24) is 15.1 Å². The van der Waals surface area contributed by atoms with Crippen LogP contribution in [0.4, 0.5) is 5.82 Å². The number of fused-ring (bicyclic) bond motifs is 1. The highest BCUT2D eigenvalue weighted by Crippen LogP contribution is 2.34. The van der Waals surface area contributed by atoms with Crippen LogP contribution < -0.4 is 10.6 Å². The third kappa shape index (κ3) is 5.00. The van der Waals surface area contributed by atoms with Gasteiger partial charge in [-0.25, -0.2) is 4.68 Å².